The molecule has 322 valence electrons. The van der Waals surface area contributed by atoms with E-state index >= 15 is 0 Å². The number of phenols is 3. The van der Waals surface area contributed by atoms with Crippen molar-refractivity contribution in [3.63, 3.8) is 0 Å². The van der Waals surface area contributed by atoms with E-state index in [1.807, 2.05) is 19.0 Å². The van der Waals surface area contributed by atoms with Gasteiger partial charge in [-0.2, -0.15) is 0 Å². The quantitative estimate of drug-likeness (QED) is 0.154. The highest BCUT2D eigenvalue weighted by Crippen LogP contribution is 2.54. The van der Waals surface area contributed by atoms with Gasteiger partial charge in [-0.3, -0.25) is 19.2 Å². The maximum absolute atomic E-state index is 14.0. The van der Waals surface area contributed by atoms with Gasteiger partial charge in [-0.25, -0.2) is 0 Å². The zero-order valence-electron chi connectivity index (χ0n) is 34.1. The lowest BCUT2D eigenvalue weighted by Crippen LogP contribution is -2.58. The van der Waals surface area contributed by atoms with Gasteiger partial charge >= 0.3 is 5.97 Å². The highest BCUT2D eigenvalue weighted by Gasteiger charge is 2.54. The Bertz CT molecular complexity index is 1990. The van der Waals surface area contributed by atoms with Crippen LogP contribution in [0, 0.1) is 0 Å². The molecule has 3 aliphatic heterocycles. The second-order valence-electron chi connectivity index (χ2n) is 16.4. The number of ether oxygens (including phenoxy) is 7. The largest absolute Gasteiger partial charge is 0.507 e. The van der Waals surface area contributed by atoms with Crippen LogP contribution in [0.4, 0.5) is 0 Å². The lowest BCUT2D eigenvalue weighted by molar-refractivity contribution is -0.324. The van der Waals surface area contributed by atoms with Gasteiger partial charge in [-0.05, 0) is 65.0 Å². The van der Waals surface area contributed by atoms with Gasteiger partial charge in [-0.1, -0.05) is 6.92 Å². The molecule has 17 nitrogen and oxygen atoms in total. The van der Waals surface area contributed by atoms with Crippen LogP contribution >= 0.6 is 0 Å². The zero-order valence-corrected chi connectivity index (χ0v) is 34.1. The minimum absolute atomic E-state index is 0.00116. The number of fused-ring (bicyclic) bond motifs is 3. The van der Waals surface area contributed by atoms with Crippen molar-refractivity contribution in [3.8, 4) is 17.2 Å². The summed E-state index contributed by atoms with van der Waals surface area (Å²) in [4.78, 5) is 55.1. The molecule has 2 aliphatic carbocycles. The molecule has 0 aromatic heterocycles. The van der Waals surface area contributed by atoms with Crippen LogP contribution in [0.15, 0.2) is 18.2 Å². The fourth-order valence-electron chi connectivity index (χ4n) is 9.33. The van der Waals surface area contributed by atoms with Crippen molar-refractivity contribution in [2.75, 3.05) is 21.2 Å². The molecule has 59 heavy (non-hydrogen) atoms. The number of ketones is 3. The Morgan fingerprint density at radius 1 is 0.864 bits per heavy atom. The monoisotopic (exact) mass is 827 g/mol. The predicted molar refractivity (Wildman–Crippen MR) is 203 cm³/mol. The third kappa shape index (κ3) is 7.65. The standard InChI is InChI=1S/C42H53NO16/c1-8-42(52)16-27(31-20(35(42)41(51)53-7)13-21-32(37(31)49)38(50)34-25(46)10-9-24(45)33(34)36(21)48)57-29-14-22(43(5)6)39(18(3)55-29)59-30-15-26(47)40(19(4)56-30)58-28-12-11-23(44)17(2)54-28/h9-10,13,17-19,22,26-30,35,39-40,45-47,49,52H,8,11-12,14-16H2,1-7H3/t17-,18-,19-,22-,26-,27-,28-,29-,30-,35-,39+,40+,42+/m0/s1. The molecule has 17 heteroatoms. The summed E-state index contributed by atoms with van der Waals surface area (Å²) in [6, 6.07) is 3.01. The first-order chi connectivity index (χ1) is 27.9. The lowest BCUT2D eigenvalue weighted by Gasteiger charge is -2.48. The van der Waals surface area contributed by atoms with Crippen LogP contribution in [-0.2, 0) is 42.7 Å². The van der Waals surface area contributed by atoms with E-state index in [2.05, 4.69) is 0 Å². The van der Waals surface area contributed by atoms with Crippen LogP contribution in [-0.4, -0.2) is 142 Å². The van der Waals surface area contributed by atoms with Gasteiger partial charge in [0.25, 0.3) is 0 Å². The molecular formula is C42H53NO16. The highest BCUT2D eigenvalue weighted by atomic mass is 16.7. The Morgan fingerprint density at radius 3 is 2.07 bits per heavy atom. The van der Waals surface area contributed by atoms with E-state index in [4.69, 9.17) is 33.2 Å². The predicted octanol–water partition coefficient (Wildman–Crippen LogP) is 2.86. The van der Waals surface area contributed by atoms with Crippen molar-refractivity contribution in [2.45, 2.75) is 145 Å². The summed E-state index contributed by atoms with van der Waals surface area (Å²) in [7, 11) is 4.85. The summed E-state index contributed by atoms with van der Waals surface area (Å²) in [6.07, 6.45) is -6.99. The number of aliphatic hydroxyl groups is 2. The number of carbonyl (C=O) groups is 4. The summed E-state index contributed by atoms with van der Waals surface area (Å²) in [6.45, 7) is 6.89. The SMILES string of the molecule is CC[C@@]1(O)C[C@H](O[C@H]2C[C@H](N(C)C)[C@H](O[C@H]3C[C@H](O)[C@H](O[C@H]4CCC(=O)[C@H](C)O4)[C@H](C)O3)[C@H](C)O2)c2c(cc3c(c2O)C(=O)c2c(O)ccc(O)c2C3=O)[C@H]1C(=O)OC. The first kappa shape index (κ1) is 43.1. The number of nitrogens with zero attached hydrogens (tertiary/aromatic N) is 1. The minimum Gasteiger partial charge on any atom is -0.507 e. The number of esters is 1. The third-order valence-corrected chi connectivity index (χ3v) is 12.5. The molecule has 3 fully saturated rings. The van der Waals surface area contributed by atoms with Crippen LogP contribution in [0.5, 0.6) is 17.2 Å². The van der Waals surface area contributed by atoms with Crippen molar-refractivity contribution in [2.24, 2.45) is 0 Å². The number of hydrogen-bond acceptors (Lipinski definition) is 17. The smallest absolute Gasteiger partial charge is 0.316 e. The van der Waals surface area contributed by atoms with Gasteiger partial charge in [0.05, 0.1) is 53.8 Å². The molecule has 0 amide bonds. The normalized spacial score (nSPS) is 35.9. The maximum Gasteiger partial charge on any atom is 0.316 e. The van der Waals surface area contributed by atoms with Crippen molar-refractivity contribution in [1.82, 2.24) is 4.90 Å². The molecule has 0 spiro atoms. The summed E-state index contributed by atoms with van der Waals surface area (Å²) in [5, 5.41) is 56.5. The van der Waals surface area contributed by atoms with E-state index in [9.17, 15) is 44.7 Å². The average molecular weight is 828 g/mol. The van der Waals surface area contributed by atoms with Crippen LogP contribution in [0.3, 0.4) is 0 Å². The lowest BCUT2D eigenvalue weighted by atomic mass is 9.67. The Hall–Kier alpha value is -4.04. The van der Waals surface area contributed by atoms with E-state index in [1.54, 1.807) is 27.7 Å². The van der Waals surface area contributed by atoms with E-state index in [0.717, 1.165) is 19.2 Å². The molecule has 0 unspecified atom stereocenters. The first-order valence-corrected chi connectivity index (χ1v) is 20.0. The molecule has 2 aromatic rings. The molecule has 3 saturated heterocycles. The Morgan fingerprint density at radius 2 is 1.47 bits per heavy atom. The molecule has 2 aromatic carbocycles. The van der Waals surface area contributed by atoms with Gasteiger partial charge in [0.1, 0.15) is 41.5 Å². The Balaban J connectivity index is 1.14. The number of hydrogen-bond donors (Lipinski definition) is 5. The van der Waals surface area contributed by atoms with E-state index in [1.165, 1.54) is 6.07 Å². The minimum atomic E-state index is -1.81. The number of likely N-dealkylation sites (N-methyl/N-ethyl adjacent to an activating group) is 1. The molecule has 0 saturated carbocycles. The summed E-state index contributed by atoms with van der Waals surface area (Å²) >= 11 is 0. The number of phenolic OH excluding ortho intramolecular Hbond substituents is 3. The van der Waals surface area contributed by atoms with Gasteiger partial charge in [0.15, 0.2) is 30.4 Å². The first-order valence-electron chi connectivity index (χ1n) is 20.0. The number of benzene rings is 2. The fourth-order valence-corrected chi connectivity index (χ4v) is 9.33. The summed E-state index contributed by atoms with van der Waals surface area (Å²) < 4.78 is 42.6. The number of aliphatic hydroxyl groups excluding tert-OH is 1. The summed E-state index contributed by atoms with van der Waals surface area (Å²) in [5.41, 5.74) is -3.58. The van der Waals surface area contributed by atoms with Crippen molar-refractivity contribution < 1.29 is 77.9 Å². The topological polar surface area (TPSA) is 237 Å². The Labute approximate surface area is 341 Å². The molecule has 13 atom stereocenters. The second kappa shape index (κ2) is 16.4. The van der Waals surface area contributed by atoms with Crippen LogP contribution < -0.4 is 0 Å². The van der Waals surface area contributed by atoms with Crippen molar-refractivity contribution in [3.05, 3.63) is 51.6 Å². The molecule has 5 N–H and O–H groups in total. The van der Waals surface area contributed by atoms with Gasteiger partial charge < -0.3 is 63.6 Å². The number of aromatic hydroxyl groups is 3. The van der Waals surface area contributed by atoms with Gasteiger partial charge in [0, 0.05) is 49.3 Å². The van der Waals surface area contributed by atoms with E-state index < -0.39 is 125 Å². The highest BCUT2D eigenvalue weighted by molar-refractivity contribution is 6.31. The Kier molecular flexibility index (Phi) is 12.0. The van der Waals surface area contributed by atoms with Crippen molar-refractivity contribution >= 4 is 23.3 Å². The number of carbonyl (C=O) groups excluding carboxylic acids is 4. The number of methoxy groups -OCH3 is 1. The van der Waals surface area contributed by atoms with Gasteiger partial charge in [0.2, 0.25) is 5.78 Å². The molecular weight excluding hydrogens is 774 g/mol. The van der Waals surface area contributed by atoms with E-state index in [0.29, 0.717) is 12.8 Å². The van der Waals surface area contributed by atoms with Gasteiger partial charge in [-0.15, -0.1) is 0 Å². The van der Waals surface area contributed by atoms with E-state index in [-0.39, 0.29) is 54.2 Å². The van der Waals surface area contributed by atoms with Crippen LogP contribution in [0.25, 0.3) is 0 Å². The molecule has 3 heterocycles. The second-order valence-corrected chi connectivity index (χ2v) is 16.4. The van der Waals surface area contributed by atoms with Crippen molar-refractivity contribution in [1.29, 1.82) is 0 Å². The van der Waals surface area contributed by atoms with Crippen LogP contribution in [0.2, 0.25) is 0 Å². The maximum atomic E-state index is 14.0. The molecule has 5 aliphatic rings. The zero-order chi connectivity index (χ0) is 42.8. The number of Topliss-reactive ketones (excluding diaryl/α,β-unsaturated/α-hetero) is 1. The third-order valence-electron chi connectivity index (χ3n) is 12.5. The average Bonchev–Trinajstić information content (AvgIpc) is 3.17. The van der Waals surface area contributed by atoms with Crippen LogP contribution in [0.1, 0.15) is 121 Å². The molecule has 0 radical (unpaired) electrons. The number of rotatable bonds is 9. The molecule has 0 bridgehead atoms. The fraction of sp³-hybridized carbons (Fsp3) is 0.619. The molecule has 7 rings (SSSR count). The summed E-state index contributed by atoms with van der Waals surface area (Å²) in [5.74, 6) is -5.90.